The van der Waals surface area contributed by atoms with Crippen LogP contribution in [0.15, 0.2) is 0 Å². The number of carboxylic acids is 2. The number of hydrogen-bond donors (Lipinski definition) is 5. The van der Waals surface area contributed by atoms with Gasteiger partial charge >= 0.3 is 35.9 Å². The molecule has 0 saturated carbocycles. The van der Waals surface area contributed by atoms with Crippen LogP contribution in [0.5, 0.6) is 0 Å². The fourth-order valence-electron chi connectivity index (χ4n) is 0.253. The molecule has 12 heavy (non-hydrogen) atoms. The third kappa shape index (κ3) is 12.1. The van der Waals surface area contributed by atoms with Gasteiger partial charge in [-0.25, -0.2) is 4.79 Å². The van der Waals surface area contributed by atoms with E-state index in [0.29, 0.717) is 0 Å². The Morgan fingerprint density at radius 2 is 1.58 bits per heavy atom. The van der Waals surface area contributed by atoms with Crippen LogP contribution < -0.4 is 0 Å². The van der Waals surface area contributed by atoms with Gasteiger partial charge in [-0.2, -0.15) is 0 Å². The molecule has 1 atom stereocenters. The van der Waals surface area contributed by atoms with Gasteiger partial charge in [0.05, 0.1) is 6.42 Å². The van der Waals surface area contributed by atoms with Gasteiger partial charge in [-0.3, -0.25) is 4.79 Å². The SMILES string of the molecule is O=C(O)CC(O)C(=O)O.[OH][Fe][OH]. The first-order chi connectivity index (χ1) is 5.45. The van der Waals surface area contributed by atoms with E-state index in [4.69, 9.17) is 23.7 Å². The molecule has 0 rings (SSSR count). The van der Waals surface area contributed by atoms with Gasteiger partial charge in [0.1, 0.15) is 0 Å². The Morgan fingerprint density at radius 1 is 1.25 bits per heavy atom. The molecule has 7 nitrogen and oxygen atoms in total. The van der Waals surface area contributed by atoms with Crippen LogP contribution >= 0.6 is 0 Å². The number of aliphatic carboxylic acids is 2. The second-order valence-corrected chi connectivity index (χ2v) is 1.74. The first-order valence-corrected chi connectivity index (χ1v) is 3.47. The van der Waals surface area contributed by atoms with Crippen molar-refractivity contribution < 1.29 is 48.9 Å². The summed E-state index contributed by atoms with van der Waals surface area (Å²) in [4.78, 5) is 19.4. The quantitative estimate of drug-likeness (QED) is 0.343. The summed E-state index contributed by atoms with van der Waals surface area (Å²) in [5.41, 5.74) is 0. The van der Waals surface area contributed by atoms with E-state index in [1.165, 1.54) is 0 Å². The molecule has 0 aliphatic carbocycles. The van der Waals surface area contributed by atoms with Gasteiger partial charge < -0.3 is 15.3 Å². The van der Waals surface area contributed by atoms with Crippen LogP contribution in [-0.2, 0) is 25.2 Å². The minimum absolute atomic E-state index is 0.750. The molecule has 0 aromatic rings. The maximum atomic E-state index is 9.72. The van der Waals surface area contributed by atoms with Gasteiger partial charge in [0.2, 0.25) is 0 Å². The Morgan fingerprint density at radius 3 is 1.67 bits per heavy atom. The molecule has 0 aliphatic heterocycles. The zero-order chi connectivity index (χ0) is 10.1. The predicted octanol–water partition coefficient (Wildman–Crippen LogP) is -2.21. The molecule has 0 heterocycles. The Balaban J connectivity index is 0. The molecule has 0 aliphatic rings. The molecule has 0 aromatic heterocycles. The molecule has 0 saturated heterocycles. The molecule has 0 amide bonds. The second kappa shape index (κ2) is 8.44. The molecule has 5 N–H and O–H groups in total. The Hall–Kier alpha value is -0.661. The number of carboxylic acid groups (broad SMARTS) is 2. The van der Waals surface area contributed by atoms with Gasteiger partial charge in [-0.05, 0) is 0 Å². The standard InChI is InChI=1S/C4H6O5.Fe.2H2O/c5-2(4(8)9)1-3(6)7;;;/h2,5H,1H2,(H,6,7)(H,8,9);;2*1H2/q;+2;;/p-2. The number of carbonyl (C=O) groups is 2. The van der Waals surface area contributed by atoms with E-state index in [2.05, 4.69) is 0 Å². The van der Waals surface area contributed by atoms with Crippen LogP contribution in [-0.4, -0.2) is 41.7 Å². The fraction of sp³-hybridized carbons (Fsp3) is 0.500. The molecular formula is C4H8FeO7. The van der Waals surface area contributed by atoms with Crippen LogP contribution in [0.4, 0.5) is 0 Å². The number of rotatable bonds is 3. The third-order valence-corrected chi connectivity index (χ3v) is 0.653. The molecule has 0 spiro atoms. The van der Waals surface area contributed by atoms with Crippen molar-refractivity contribution in [1.82, 2.24) is 0 Å². The van der Waals surface area contributed by atoms with Crippen molar-refractivity contribution in [2.45, 2.75) is 12.5 Å². The van der Waals surface area contributed by atoms with E-state index in [9.17, 15) is 9.59 Å². The van der Waals surface area contributed by atoms with E-state index >= 15 is 0 Å². The normalized spacial score (nSPS) is 11.2. The van der Waals surface area contributed by atoms with Crippen molar-refractivity contribution in [3.05, 3.63) is 0 Å². The summed E-state index contributed by atoms with van der Waals surface area (Å²) < 4.78 is 14.2. The summed E-state index contributed by atoms with van der Waals surface area (Å²) in [6.07, 6.45) is -2.54. The third-order valence-electron chi connectivity index (χ3n) is 0.653. The summed E-state index contributed by atoms with van der Waals surface area (Å²) in [5.74, 6) is -2.85. The van der Waals surface area contributed by atoms with Gasteiger partial charge in [0.25, 0.3) is 0 Å². The Kier molecular flexibility index (Phi) is 9.77. The van der Waals surface area contributed by atoms with E-state index < -0.39 is 40.1 Å². The summed E-state index contributed by atoms with van der Waals surface area (Å²) in [5, 5.41) is 24.1. The minimum atomic E-state index is -1.79. The van der Waals surface area contributed by atoms with Crippen LogP contribution in [0, 0.1) is 0 Å². The van der Waals surface area contributed by atoms with Crippen LogP contribution in [0.3, 0.4) is 0 Å². The topological polar surface area (TPSA) is 135 Å². The molecular weight excluding hydrogens is 216 g/mol. The monoisotopic (exact) mass is 224 g/mol. The maximum absolute atomic E-state index is 9.72. The van der Waals surface area contributed by atoms with Crippen molar-refractivity contribution in [3.63, 3.8) is 0 Å². The molecule has 0 radical (unpaired) electrons. The zero-order valence-corrected chi connectivity index (χ0v) is 6.79. The van der Waals surface area contributed by atoms with E-state index in [0.717, 1.165) is 0 Å². The van der Waals surface area contributed by atoms with Gasteiger partial charge in [-0.15, -0.1) is 0 Å². The first-order valence-electron chi connectivity index (χ1n) is 2.48. The van der Waals surface area contributed by atoms with Crippen molar-refractivity contribution in [2.75, 3.05) is 0 Å². The van der Waals surface area contributed by atoms with Crippen molar-refractivity contribution in [2.24, 2.45) is 0 Å². The van der Waals surface area contributed by atoms with Crippen LogP contribution in [0.25, 0.3) is 0 Å². The number of hydrogen-bond acceptors (Lipinski definition) is 5. The average molecular weight is 224 g/mol. The molecule has 0 fully saturated rings. The second-order valence-electron chi connectivity index (χ2n) is 1.52. The van der Waals surface area contributed by atoms with Crippen molar-refractivity contribution in [3.8, 4) is 0 Å². The van der Waals surface area contributed by atoms with Gasteiger partial charge in [-0.1, -0.05) is 0 Å². The first kappa shape index (κ1) is 13.9. The van der Waals surface area contributed by atoms with E-state index in [1.807, 2.05) is 0 Å². The van der Waals surface area contributed by atoms with Crippen LogP contribution in [0.2, 0.25) is 0 Å². The summed E-state index contributed by atoms with van der Waals surface area (Å²) in [7, 11) is 0. The summed E-state index contributed by atoms with van der Waals surface area (Å²) >= 11 is -0.750. The summed E-state index contributed by atoms with van der Waals surface area (Å²) in [6, 6.07) is 0. The fourth-order valence-corrected chi connectivity index (χ4v) is 0.253. The molecule has 1 unspecified atom stereocenters. The molecule has 8 heteroatoms. The average Bonchev–Trinajstić information content (AvgIpc) is 1.87. The Bertz CT molecular complexity index is 146. The van der Waals surface area contributed by atoms with Crippen LogP contribution in [0.1, 0.15) is 6.42 Å². The van der Waals surface area contributed by atoms with Gasteiger partial charge in [0.15, 0.2) is 6.10 Å². The molecule has 74 valence electrons. The number of aliphatic hydroxyl groups is 1. The van der Waals surface area contributed by atoms with E-state index in [-0.39, 0.29) is 0 Å². The van der Waals surface area contributed by atoms with Crippen molar-refractivity contribution in [1.29, 1.82) is 0 Å². The zero-order valence-electron chi connectivity index (χ0n) is 5.69. The summed E-state index contributed by atoms with van der Waals surface area (Å²) in [6.45, 7) is 0. The van der Waals surface area contributed by atoms with E-state index in [1.54, 1.807) is 0 Å². The number of aliphatic hydroxyl groups excluding tert-OH is 1. The molecule has 0 aromatic carbocycles. The predicted molar refractivity (Wildman–Crippen MR) is 30.3 cm³/mol. The molecule has 0 bridgehead atoms. The Labute approximate surface area is 74.1 Å². The van der Waals surface area contributed by atoms with Crippen molar-refractivity contribution >= 4 is 11.9 Å². The van der Waals surface area contributed by atoms with Gasteiger partial charge in [0, 0.05) is 0 Å².